The number of halogens is 1. The van der Waals surface area contributed by atoms with Gasteiger partial charge in [-0.2, -0.15) is 0 Å². The van der Waals surface area contributed by atoms with Crippen LogP contribution in [0.1, 0.15) is 41.1 Å². The number of rotatable bonds is 6. The summed E-state index contributed by atoms with van der Waals surface area (Å²) in [4.78, 5) is 0. The maximum atomic E-state index is 13.0. The monoisotopic (exact) mass is 492 g/mol. The van der Waals surface area contributed by atoms with Gasteiger partial charge in [0, 0.05) is 41.3 Å². The number of fused-ring (bicyclic) bond motifs is 1. The molecule has 0 spiro atoms. The third kappa shape index (κ3) is 4.65. The molecule has 1 saturated heterocycles. The number of hydrogen-bond donors (Lipinski definition) is 0. The van der Waals surface area contributed by atoms with Gasteiger partial charge in [0.2, 0.25) is 10.0 Å². The van der Waals surface area contributed by atoms with Gasteiger partial charge in [-0.25, -0.2) is 12.7 Å². The second kappa shape index (κ2) is 9.57. The molecule has 4 aromatic rings. The fourth-order valence-corrected chi connectivity index (χ4v) is 6.94. The lowest BCUT2D eigenvalue weighted by atomic mass is 9.88. The normalized spacial score (nSPS) is 15.7. The number of para-hydroxylation sites is 1. The number of hydrogen-bond acceptors (Lipinski definition) is 2. The van der Waals surface area contributed by atoms with Gasteiger partial charge < -0.3 is 4.57 Å². The maximum Gasteiger partial charge on any atom is 0.218 e. The fourth-order valence-electron chi connectivity index (χ4n) is 5.25. The second-order valence-corrected chi connectivity index (χ2v) is 11.5. The number of sulfonamides is 1. The molecule has 176 valence electrons. The minimum Gasteiger partial charge on any atom is -0.340 e. The Morgan fingerprint density at radius 2 is 1.50 bits per heavy atom. The molecule has 0 saturated carbocycles. The van der Waals surface area contributed by atoms with Crippen molar-refractivity contribution in [1.29, 1.82) is 0 Å². The summed E-state index contributed by atoms with van der Waals surface area (Å²) in [6.07, 6.45) is 1.67. The van der Waals surface area contributed by atoms with Gasteiger partial charge in [-0.1, -0.05) is 72.3 Å². The molecule has 0 amide bonds. The third-order valence-electron chi connectivity index (χ3n) is 6.98. The molecular weight excluding hydrogens is 464 g/mol. The van der Waals surface area contributed by atoms with Crippen LogP contribution in [-0.4, -0.2) is 30.4 Å². The van der Waals surface area contributed by atoms with Crippen molar-refractivity contribution in [1.82, 2.24) is 8.87 Å². The number of nitrogens with zero attached hydrogens (tertiary/aromatic N) is 2. The first-order chi connectivity index (χ1) is 16.4. The third-order valence-corrected chi connectivity index (χ3v) is 9.08. The predicted molar refractivity (Wildman–Crippen MR) is 140 cm³/mol. The van der Waals surface area contributed by atoms with Crippen LogP contribution in [0.2, 0.25) is 5.02 Å². The van der Waals surface area contributed by atoms with E-state index in [9.17, 15) is 8.42 Å². The fraction of sp³-hybridized carbons (Fsp3) is 0.286. The molecule has 0 N–H and O–H groups in total. The average Bonchev–Trinajstić information content (AvgIpc) is 3.12. The molecule has 1 aromatic heterocycles. The van der Waals surface area contributed by atoms with Crippen LogP contribution in [-0.2, 0) is 22.3 Å². The Bertz CT molecular complexity index is 1390. The van der Waals surface area contributed by atoms with Crippen molar-refractivity contribution in [3.63, 3.8) is 0 Å². The molecule has 6 heteroatoms. The van der Waals surface area contributed by atoms with E-state index in [2.05, 4.69) is 47.9 Å². The van der Waals surface area contributed by atoms with Crippen LogP contribution in [0.5, 0.6) is 0 Å². The zero-order valence-electron chi connectivity index (χ0n) is 19.3. The summed E-state index contributed by atoms with van der Waals surface area (Å²) in [5.41, 5.74) is 5.91. The first kappa shape index (κ1) is 23.2. The topological polar surface area (TPSA) is 42.3 Å². The number of piperidine rings is 1. The molecule has 5 rings (SSSR count). The highest BCUT2D eigenvalue weighted by Crippen LogP contribution is 2.38. The molecule has 1 aliphatic rings. The first-order valence-electron chi connectivity index (χ1n) is 11.8. The Balaban J connectivity index is 1.38. The van der Waals surface area contributed by atoms with Gasteiger partial charge in [0.05, 0.1) is 5.75 Å². The molecule has 0 atom stereocenters. The van der Waals surface area contributed by atoms with E-state index in [1.165, 1.54) is 27.7 Å². The number of benzene rings is 3. The standard InChI is InChI=1S/C28H29ClN2O2S/c1-21-28(24-15-17-30(18-16-24)34(32,33)20-23-7-3-2-4-8-23)26-9-5-6-10-27(26)31(21)19-22-11-13-25(29)14-12-22/h2-14,24H,15-20H2,1H3. The SMILES string of the molecule is Cc1c(C2CCN(S(=O)(=O)Cc3ccccc3)CC2)c2ccccc2n1Cc1ccc(Cl)cc1. The summed E-state index contributed by atoms with van der Waals surface area (Å²) in [6.45, 7) is 4.11. The summed E-state index contributed by atoms with van der Waals surface area (Å²) in [7, 11) is -3.32. The van der Waals surface area contributed by atoms with Crippen molar-refractivity contribution in [3.05, 3.63) is 106 Å². The van der Waals surface area contributed by atoms with Gasteiger partial charge in [-0.05, 0) is 60.6 Å². The summed E-state index contributed by atoms with van der Waals surface area (Å²) in [5, 5.41) is 2.02. The van der Waals surface area contributed by atoms with Gasteiger partial charge in [0.15, 0.2) is 0 Å². The Kier molecular flexibility index (Phi) is 6.52. The van der Waals surface area contributed by atoms with Gasteiger partial charge in [-0.15, -0.1) is 0 Å². The van der Waals surface area contributed by atoms with Crippen LogP contribution in [0.4, 0.5) is 0 Å². The summed E-state index contributed by atoms with van der Waals surface area (Å²) < 4.78 is 30.1. The number of aromatic nitrogens is 1. The lowest BCUT2D eigenvalue weighted by Gasteiger charge is -2.31. The van der Waals surface area contributed by atoms with Crippen LogP contribution < -0.4 is 0 Å². The largest absolute Gasteiger partial charge is 0.340 e. The highest BCUT2D eigenvalue weighted by Gasteiger charge is 2.31. The van der Waals surface area contributed by atoms with Gasteiger partial charge in [0.25, 0.3) is 0 Å². The van der Waals surface area contributed by atoms with E-state index >= 15 is 0 Å². The quantitative estimate of drug-likeness (QED) is 0.314. The van der Waals surface area contributed by atoms with Crippen LogP contribution in [0, 0.1) is 6.92 Å². The van der Waals surface area contributed by atoms with Crippen LogP contribution >= 0.6 is 11.6 Å². The molecule has 0 bridgehead atoms. The summed E-state index contributed by atoms with van der Waals surface area (Å²) in [5.74, 6) is 0.414. The maximum absolute atomic E-state index is 13.0. The minimum atomic E-state index is -3.32. The van der Waals surface area contributed by atoms with E-state index in [0.717, 1.165) is 30.0 Å². The molecule has 3 aromatic carbocycles. The molecule has 0 aliphatic carbocycles. The zero-order chi connectivity index (χ0) is 23.7. The smallest absolute Gasteiger partial charge is 0.218 e. The van der Waals surface area contributed by atoms with Crippen molar-refractivity contribution in [2.24, 2.45) is 0 Å². The molecule has 34 heavy (non-hydrogen) atoms. The Morgan fingerprint density at radius 3 is 2.21 bits per heavy atom. The van der Waals surface area contributed by atoms with Gasteiger partial charge in [0.1, 0.15) is 0 Å². The van der Waals surface area contributed by atoms with Crippen molar-refractivity contribution >= 4 is 32.5 Å². The van der Waals surface area contributed by atoms with Crippen molar-refractivity contribution < 1.29 is 8.42 Å². The summed E-state index contributed by atoms with van der Waals surface area (Å²) in [6, 6.07) is 26.0. The predicted octanol–water partition coefficient (Wildman–Crippen LogP) is 6.36. The lowest BCUT2D eigenvalue weighted by Crippen LogP contribution is -2.38. The highest BCUT2D eigenvalue weighted by molar-refractivity contribution is 7.88. The highest BCUT2D eigenvalue weighted by atomic mass is 35.5. The lowest BCUT2D eigenvalue weighted by molar-refractivity contribution is 0.319. The molecule has 4 nitrogen and oxygen atoms in total. The van der Waals surface area contributed by atoms with E-state index in [4.69, 9.17) is 11.6 Å². The van der Waals surface area contributed by atoms with Crippen LogP contribution in [0.3, 0.4) is 0 Å². The summed E-state index contributed by atoms with van der Waals surface area (Å²) >= 11 is 6.08. The minimum absolute atomic E-state index is 0.0674. The molecule has 2 heterocycles. The first-order valence-corrected chi connectivity index (χ1v) is 13.7. The van der Waals surface area contributed by atoms with Crippen LogP contribution in [0.25, 0.3) is 10.9 Å². The second-order valence-electron chi connectivity index (χ2n) is 9.14. The van der Waals surface area contributed by atoms with Gasteiger partial charge in [-0.3, -0.25) is 0 Å². The van der Waals surface area contributed by atoms with Gasteiger partial charge >= 0.3 is 0 Å². The Hall–Kier alpha value is -2.60. The van der Waals surface area contributed by atoms with E-state index < -0.39 is 10.0 Å². The van der Waals surface area contributed by atoms with E-state index in [1.54, 1.807) is 4.31 Å². The molecule has 1 aliphatic heterocycles. The van der Waals surface area contributed by atoms with Crippen molar-refractivity contribution in [2.75, 3.05) is 13.1 Å². The molecule has 0 unspecified atom stereocenters. The van der Waals surface area contributed by atoms with E-state index in [0.29, 0.717) is 19.0 Å². The average molecular weight is 493 g/mol. The molecule has 0 radical (unpaired) electrons. The Morgan fingerprint density at radius 1 is 0.853 bits per heavy atom. The zero-order valence-corrected chi connectivity index (χ0v) is 20.9. The molecular formula is C28H29ClN2O2S. The van der Waals surface area contributed by atoms with Crippen molar-refractivity contribution in [2.45, 2.75) is 38.0 Å². The van der Waals surface area contributed by atoms with Crippen molar-refractivity contribution in [3.8, 4) is 0 Å². The Labute approximate surface area is 206 Å². The van der Waals surface area contributed by atoms with E-state index in [1.807, 2.05) is 42.5 Å². The molecule has 1 fully saturated rings. The van der Waals surface area contributed by atoms with E-state index in [-0.39, 0.29) is 5.75 Å². The van der Waals surface area contributed by atoms with Crippen LogP contribution in [0.15, 0.2) is 78.9 Å².